The molecule has 0 bridgehead atoms. The van der Waals surface area contributed by atoms with E-state index in [0.717, 1.165) is 43.4 Å². The van der Waals surface area contributed by atoms with Gasteiger partial charge >= 0.3 is 5.97 Å². The summed E-state index contributed by atoms with van der Waals surface area (Å²) < 4.78 is 5.50. The summed E-state index contributed by atoms with van der Waals surface area (Å²) in [5.74, 6) is 0.160. The van der Waals surface area contributed by atoms with Crippen LogP contribution in [0.1, 0.15) is 70.6 Å². The molecule has 0 radical (unpaired) electrons. The Morgan fingerprint density at radius 2 is 1.81 bits per heavy atom. The first-order valence-corrected chi connectivity index (χ1v) is 12.8. The highest BCUT2D eigenvalue weighted by atomic mass is 32.1. The highest BCUT2D eigenvalue weighted by Gasteiger charge is 2.68. The van der Waals surface area contributed by atoms with Crippen molar-refractivity contribution in [1.29, 1.82) is 0 Å². The Morgan fingerprint density at radius 3 is 2.48 bits per heavy atom. The second kappa shape index (κ2) is 7.28. The molecule has 6 heteroatoms. The van der Waals surface area contributed by atoms with Crippen molar-refractivity contribution < 1.29 is 24.9 Å². The maximum absolute atomic E-state index is 11.9. The Balaban J connectivity index is 1.47. The molecule has 0 amide bonds. The molecule has 0 spiro atoms. The van der Waals surface area contributed by atoms with Crippen molar-refractivity contribution >= 4 is 17.3 Å². The number of thiophene rings is 1. The molecule has 4 fully saturated rings. The van der Waals surface area contributed by atoms with Gasteiger partial charge in [-0.15, -0.1) is 11.3 Å². The van der Waals surface area contributed by atoms with E-state index in [2.05, 4.69) is 13.8 Å². The van der Waals surface area contributed by atoms with Crippen molar-refractivity contribution in [2.24, 2.45) is 34.5 Å². The van der Waals surface area contributed by atoms with E-state index >= 15 is 0 Å². The van der Waals surface area contributed by atoms with Crippen molar-refractivity contribution in [3.63, 3.8) is 0 Å². The number of carbonyl (C=O) groups is 1. The second-order valence-corrected chi connectivity index (χ2v) is 12.2. The second-order valence-electron chi connectivity index (χ2n) is 11.2. The molecule has 0 saturated heterocycles. The summed E-state index contributed by atoms with van der Waals surface area (Å²) in [5, 5.41) is 36.6. The van der Waals surface area contributed by atoms with E-state index in [1.54, 1.807) is 11.3 Å². The molecule has 31 heavy (non-hydrogen) atoms. The first kappa shape index (κ1) is 21.9. The molecule has 1 heterocycles. The van der Waals surface area contributed by atoms with Gasteiger partial charge in [0.15, 0.2) is 0 Å². The lowest BCUT2D eigenvalue weighted by Crippen LogP contribution is -2.65. The topological polar surface area (TPSA) is 87.0 Å². The average molecular weight is 449 g/mol. The van der Waals surface area contributed by atoms with Crippen LogP contribution in [0.4, 0.5) is 0 Å². The number of carbonyl (C=O) groups excluding carboxylic acids is 1. The summed E-state index contributed by atoms with van der Waals surface area (Å²) in [6.45, 7) is 5.94. The van der Waals surface area contributed by atoms with Gasteiger partial charge in [0.25, 0.3) is 0 Å². The lowest BCUT2D eigenvalue weighted by atomic mass is 9.43. The van der Waals surface area contributed by atoms with E-state index in [1.165, 1.54) is 6.92 Å². The van der Waals surface area contributed by atoms with Crippen LogP contribution in [-0.2, 0) is 15.1 Å². The van der Waals surface area contributed by atoms with Crippen molar-refractivity contribution in [3.8, 4) is 0 Å². The standard InChI is InChI=1S/C25H36O5S/c1-14(26)30-15-6-9-23(2)16-7-10-24(3)17(20(16)22(28)21(27)18(23)13-15)8-11-25(24,29)19-5-4-12-31-19/h4-5,12,15-18,20-22,27-29H,6-11,13H2,1-3H3/t15-,16-,17-,18+,20+,21+,22+,23+,24-,25+/m0/s1. The molecule has 5 nitrogen and oxygen atoms in total. The number of esters is 1. The van der Waals surface area contributed by atoms with Crippen LogP contribution in [0.15, 0.2) is 17.5 Å². The van der Waals surface area contributed by atoms with Crippen molar-refractivity contribution in [2.45, 2.75) is 89.6 Å². The van der Waals surface area contributed by atoms with Gasteiger partial charge in [-0.25, -0.2) is 0 Å². The molecule has 5 rings (SSSR count). The predicted octanol–water partition coefficient (Wildman–Crippen LogP) is 3.85. The van der Waals surface area contributed by atoms with E-state index in [1.807, 2.05) is 17.5 Å². The molecule has 3 N–H and O–H groups in total. The monoisotopic (exact) mass is 448 g/mol. The summed E-state index contributed by atoms with van der Waals surface area (Å²) in [5.41, 5.74) is -1.23. The molecule has 4 aliphatic carbocycles. The number of hydrogen-bond donors (Lipinski definition) is 3. The molecule has 10 atom stereocenters. The Hall–Kier alpha value is -0.950. The third-order valence-corrected chi connectivity index (χ3v) is 11.1. The Kier molecular flexibility index (Phi) is 5.13. The van der Waals surface area contributed by atoms with Gasteiger partial charge in [-0.3, -0.25) is 4.79 Å². The van der Waals surface area contributed by atoms with Gasteiger partial charge in [0.1, 0.15) is 11.7 Å². The Labute approximate surface area is 188 Å². The van der Waals surface area contributed by atoms with Gasteiger partial charge in [0, 0.05) is 17.2 Å². The van der Waals surface area contributed by atoms with Crippen molar-refractivity contribution in [2.75, 3.05) is 0 Å². The number of aliphatic hydroxyl groups excluding tert-OH is 2. The van der Waals surface area contributed by atoms with Crippen molar-refractivity contribution in [3.05, 3.63) is 22.4 Å². The molecule has 172 valence electrons. The summed E-state index contributed by atoms with van der Waals surface area (Å²) in [6.07, 6.45) is 4.06. The summed E-state index contributed by atoms with van der Waals surface area (Å²) in [4.78, 5) is 12.5. The SMILES string of the molecule is CC(=O)O[C@H]1CC[C@@]2(C)[C@H](C1)[C@@H](O)[C@H](O)[C@@H]1[C@@H]2CC[C@@]2(C)[C@H]1CC[C@@]2(O)c1cccs1. The summed E-state index contributed by atoms with van der Waals surface area (Å²) >= 11 is 1.62. The van der Waals surface area contributed by atoms with Gasteiger partial charge < -0.3 is 20.1 Å². The zero-order chi connectivity index (χ0) is 22.2. The quantitative estimate of drug-likeness (QED) is 0.598. The number of hydrogen-bond acceptors (Lipinski definition) is 6. The minimum atomic E-state index is -0.855. The number of aliphatic hydroxyl groups is 3. The normalized spacial score (nSPS) is 51.5. The van der Waals surface area contributed by atoms with E-state index < -0.39 is 17.8 Å². The third-order valence-electron chi connectivity index (χ3n) is 10.1. The highest BCUT2D eigenvalue weighted by molar-refractivity contribution is 7.10. The van der Waals surface area contributed by atoms with Gasteiger partial charge in [-0.1, -0.05) is 19.9 Å². The Bertz CT molecular complexity index is 841. The highest BCUT2D eigenvalue weighted by Crippen LogP contribution is 2.70. The lowest BCUT2D eigenvalue weighted by Gasteiger charge is -2.64. The van der Waals surface area contributed by atoms with Crippen LogP contribution < -0.4 is 0 Å². The van der Waals surface area contributed by atoms with Crippen LogP contribution in [0.2, 0.25) is 0 Å². The lowest BCUT2D eigenvalue weighted by molar-refractivity contribution is -0.234. The summed E-state index contributed by atoms with van der Waals surface area (Å²) in [6, 6.07) is 4.05. The fourth-order valence-electron chi connectivity index (χ4n) is 8.50. The van der Waals surface area contributed by atoms with E-state index in [4.69, 9.17) is 4.74 Å². The molecule has 1 aromatic heterocycles. The molecule has 0 aromatic carbocycles. The van der Waals surface area contributed by atoms with Crippen LogP contribution in [0, 0.1) is 34.5 Å². The molecule has 0 aliphatic heterocycles. The molecular formula is C25H36O5S. The minimum Gasteiger partial charge on any atom is -0.463 e. The third kappa shape index (κ3) is 2.94. The van der Waals surface area contributed by atoms with E-state index in [9.17, 15) is 20.1 Å². The first-order valence-electron chi connectivity index (χ1n) is 11.9. The largest absolute Gasteiger partial charge is 0.463 e. The van der Waals surface area contributed by atoms with E-state index in [0.29, 0.717) is 12.3 Å². The minimum absolute atomic E-state index is 0.00531. The first-order chi connectivity index (χ1) is 14.6. The van der Waals surface area contributed by atoms with Gasteiger partial charge in [0.05, 0.1) is 12.2 Å². The summed E-state index contributed by atoms with van der Waals surface area (Å²) in [7, 11) is 0. The molecule has 0 unspecified atom stereocenters. The number of rotatable bonds is 2. The average Bonchev–Trinajstić information content (AvgIpc) is 3.35. The molecule has 4 saturated carbocycles. The van der Waals surface area contributed by atoms with E-state index in [-0.39, 0.29) is 40.7 Å². The van der Waals surface area contributed by atoms with Gasteiger partial charge in [-0.2, -0.15) is 0 Å². The zero-order valence-electron chi connectivity index (χ0n) is 18.8. The fourth-order valence-corrected chi connectivity index (χ4v) is 9.49. The zero-order valence-corrected chi connectivity index (χ0v) is 19.6. The molecule has 1 aromatic rings. The van der Waals surface area contributed by atoms with Crippen LogP contribution in [0.5, 0.6) is 0 Å². The smallest absolute Gasteiger partial charge is 0.302 e. The van der Waals surface area contributed by atoms with Crippen LogP contribution in [-0.4, -0.2) is 39.6 Å². The molecule has 4 aliphatic rings. The Morgan fingerprint density at radius 1 is 1.06 bits per heavy atom. The maximum Gasteiger partial charge on any atom is 0.302 e. The predicted molar refractivity (Wildman–Crippen MR) is 118 cm³/mol. The van der Waals surface area contributed by atoms with Crippen LogP contribution in [0.3, 0.4) is 0 Å². The maximum atomic E-state index is 11.9. The fraction of sp³-hybridized carbons (Fsp3) is 0.800. The number of ether oxygens (including phenoxy) is 1. The van der Waals surface area contributed by atoms with Crippen molar-refractivity contribution in [1.82, 2.24) is 0 Å². The molecular weight excluding hydrogens is 412 g/mol. The van der Waals surface area contributed by atoms with Crippen LogP contribution >= 0.6 is 11.3 Å². The van der Waals surface area contributed by atoms with Gasteiger partial charge in [-0.05, 0) is 85.5 Å². The number of fused-ring (bicyclic) bond motifs is 5. The van der Waals surface area contributed by atoms with Crippen LogP contribution in [0.25, 0.3) is 0 Å². The van der Waals surface area contributed by atoms with Gasteiger partial charge in [0.2, 0.25) is 0 Å².